The third kappa shape index (κ3) is 3.10. The quantitative estimate of drug-likeness (QED) is 0.533. The zero-order valence-corrected chi connectivity index (χ0v) is 10.4. The van der Waals surface area contributed by atoms with Crippen LogP contribution in [-0.4, -0.2) is 13.4 Å². The Morgan fingerprint density at radius 2 is 2.06 bits per heavy atom. The molecular weight excluding hydrogens is 227 g/mol. The second-order valence-electron chi connectivity index (χ2n) is 3.58. The predicted octanol–water partition coefficient (Wildman–Crippen LogP) is 4.58. The van der Waals surface area contributed by atoms with E-state index in [-0.39, 0.29) is 5.83 Å². The van der Waals surface area contributed by atoms with Gasteiger partial charge in [-0.1, -0.05) is 18.7 Å². The van der Waals surface area contributed by atoms with Crippen LogP contribution in [0.3, 0.4) is 0 Å². The average Bonchev–Trinajstić information content (AvgIpc) is 2.38. The van der Waals surface area contributed by atoms with Crippen molar-refractivity contribution >= 4 is 30.8 Å². The fraction of sp³-hybridized carbons (Fsp3) is 0.0667. The molecule has 1 rings (SSSR count). The lowest BCUT2D eigenvalue weighted by molar-refractivity contribution is 0.645. The molecule has 0 radical (unpaired) electrons. The van der Waals surface area contributed by atoms with Crippen LogP contribution in [0.5, 0.6) is 0 Å². The van der Waals surface area contributed by atoms with E-state index in [1.54, 1.807) is 24.3 Å². The van der Waals surface area contributed by atoms with Gasteiger partial charge in [0.15, 0.2) is 0 Å². The number of rotatable bonds is 5. The lowest BCUT2D eigenvalue weighted by Crippen LogP contribution is -1.85. The van der Waals surface area contributed by atoms with Gasteiger partial charge in [-0.3, -0.25) is 9.98 Å². The van der Waals surface area contributed by atoms with Gasteiger partial charge < -0.3 is 0 Å². The number of benzene rings is 1. The van der Waals surface area contributed by atoms with Gasteiger partial charge in [-0.2, -0.15) is 0 Å². The van der Waals surface area contributed by atoms with Gasteiger partial charge in [0.25, 0.3) is 0 Å². The van der Waals surface area contributed by atoms with Crippen molar-refractivity contribution in [2.75, 3.05) is 0 Å². The topological polar surface area (TPSA) is 24.7 Å². The number of halogens is 1. The van der Waals surface area contributed by atoms with Crippen LogP contribution in [-0.2, 0) is 0 Å². The number of allylic oxidation sites excluding steroid dienone is 3. The maximum atomic E-state index is 13.5. The average molecular weight is 242 g/mol. The van der Waals surface area contributed by atoms with Crippen LogP contribution in [0.1, 0.15) is 18.1 Å². The summed E-state index contributed by atoms with van der Waals surface area (Å²) in [6.07, 6.45) is 4.69. The Kier molecular flexibility index (Phi) is 4.93. The summed E-state index contributed by atoms with van der Waals surface area (Å²) < 4.78 is 13.5. The minimum absolute atomic E-state index is 0.288. The van der Waals surface area contributed by atoms with Crippen molar-refractivity contribution in [3.05, 3.63) is 54.0 Å². The Balaban J connectivity index is 3.35. The van der Waals surface area contributed by atoms with Crippen molar-refractivity contribution in [1.82, 2.24) is 0 Å². The highest BCUT2D eigenvalue weighted by Crippen LogP contribution is 2.27. The van der Waals surface area contributed by atoms with Gasteiger partial charge >= 0.3 is 0 Å². The van der Waals surface area contributed by atoms with Gasteiger partial charge in [-0.05, 0) is 44.1 Å². The standard InChI is InChI=1S/C15H15FN2/c1-5-12-10-13(6-7-15(12)18-4)14(11(2)16)8-9-17-3/h5-10H,1,3-4H2,2H3/b9-8-,14-11-. The molecule has 3 heteroatoms. The van der Waals surface area contributed by atoms with Crippen LogP contribution < -0.4 is 0 Å². The Labute approximate surface area is 107 Å². The normalized spacial score (nSPS) is 12.1. The third-order valence-electron chi connectivity index (χ3n) is 2.45. The minimum Gasteiger partial charge on any atom is -0.272 e. The molecule has 1 aromatic rings. The maximum Gasteiger partial charge on any atom is 0.105 e. The van der Waals surface area contributed by atoms with Crippen molar-refractivity contribution in [2.45, 2.75) is 6.92 Å². The first-order chi connectivity index (χ1) is 8.63. The number of hydrogen-bond donors (Lipinski definition) is 0. The summed E-state index contributed by atoms with van der Waals surface area (Å²) in [6.45, 7) is 11.9. The smallest absolute Gasteiger partial charge is 0.105 e. The maximum absolute atomic E-state index is 13.5. The van der Waals surface area contributed by atoms with Crippen LogP contribution in [0, 0.1) is 0 Å². The van der Waals surface area contributed by atoms with Crippen molar-refractivity contribution in [1.29, 1.82) is 0 Å². The Hall–Kier alpha value is -2.29. The van der Waals surface area contributed by atoms with E-state index in [4.69, 9.17) is 0 Å². The molecule has 2 nitrogen and oxygen atoms in total. The molecule has 0 unspecified atom stereocenters. The van der Waals surface area contributed by atoms with Crippen molar-refractivity contribution < 1.29 is 4.39 Å². The van der Waals surface area contributed by atoms with E-state index in [0.717, 1.165) is 16.8 Å². The van der Waals surface area contributed by atoms with Gasteiger partial charge in [0.2, 0.25) is 0 Å². The SMILES string of the molecule is C=Cc1cc(C(/C=C\N=C)=C(/C)F)ccc1N=C. The van der Waals surface area contributed by atoms with Crippen LogP contribution in [0.15, 0.2) is 52.9 Å². The lowest BCUT2D eigenvalue weighted by Gasteiger charge is -2.07. The van der Waals surface area contributed by atoms with Gasteiger partial charge in [0.05, 0.1) is 5.69 Å². The second-order valence-corrected chi connectivity index (χ2v) is 3.58. The largest absolute Gasteiger partial charge is 0.272 e. The summed E-state index contributed by atoms with van der Waals surface area (Å²) in [5.41, 5.74) is 2.72. The molecule has 18 heavy (non-hydrogen) atoms. The molecule has 0 saturated heterocycles. The summed E-state index contributed by atoms with van der Waals surface area (Å²) in [6, 6.07) is 5.36. The molecule has 1 aromatic carbocycles. The van der Waals surface area contributed by atoms with Gasteiger partial charge in [0, 0.05) is 17.3 Å². The zero-order chi connectivity index (χ0) is 13.5. The molecular formula is C15H15FN2. The second kappa shape index (κ2) is 6.45. The van der Waals surface area contributed by atoms with Crippen LogP contribution in [0.2, 0.25) is 0 Å². The molecule has 0 fully saturated rings. The van der Waals surface area contributed by atoms with Crippen LogP contribution >= 0.6 is 0 Å². The molecule has 0 aliphatic rings. The van der Waals surface area contributed by atoms with Crippen molar-refractivity contribution in [3.63, 3.8) is 0 Å². The monoisotopic (exact) mass is 242 g/mol. The first kappa shape index (κ1) is 13.8. The molecule has 0 saturated carbocycles. The predicted molar refractivity (Wildman–Crippen MR) is 78.1 cm³/mol. The highest BCUT2D eigenvalue weighted by atomic mass is 19.1. The molecule has 0 N–H and O–H groups in total. The van der Waals surface area contributed by atoms with E-state index in [1.165, 1.54) is 13.1 Å². The molecule has 92 valence electrons. The zero-order valence-electron chi connectivity index (χ0n) is 10.4. The number of nitrogens with zero attached hydrogens (tertiary/aromatic N) is 2. The molecule has 0 spiro atoms. The molecule has 0 amide bonds. The van der Waals surface area contributed by atoms with Gasteiger partial charge in [0.1, 0.15) is 5.83 Å². The number of aliphatic imine (C=N–C) groups is 2. The summed E-state index contributed by atoms with van der Waals surface area (Å²) in [7, 11) is 0. The molecule has 0 bridgehead atoms. The third-order valence-corrected chi connectivity index (χ3v) is 2.45. The fourth-order valence-corrected chi connectivity index (χ4v) is 1.57. The number of hydrogen-bond acceptors (Lipinski definition) is 2. The Morgan fingerprint density at radius 1 is 1.33 bits per heavy atom. The lowest BCUT2D eigenvalue weighted by atomic mass is 10.0. The van der Waals surface area contributed by atoms with E-state index >= 15 is 0 Å². The van der Waals surface area contributed by atoms with Crippen LogP contribution in [0.4, 0.5) is 10.1 Å². The van der Waals surface area contributed by atoms with E-state index in [9.17, 15) is 4.39 Å². The fourth-order valence-electron chi connectivity index (χ4n) is 1.57. The van der Waals surface area contributed by atoms with Crippen molar-refractivity contribution in [2.24, 2.45) is 9.98 Å². The molecule has 0 aliphatic heterocycles. The highest BCUT2D eigenvalue weighted by Gasteiger charge is 2.05. The summed E-state index contributed by atoms with van der Waals surface area (Å²) in [5.74, 6) is -0.288. The van der Waals surface area contributed by atoms with E-state index in [0.29, 0.717) is 5.57 Å². The Bertz CT molecular complexity index is 535. The minimum atomic E-state index is -0.288. The van der Waals surface area contributed by atoms with Gasteiger partial charge in [-0.15, -0.1) is 0 Å². The first-order valence-corrected chi connectivity index (χ1v) is 5.36. The molecule has 0 heterocycles. The Morgan fingerprint density at radius 3 is 2.56 bits per heavy atom. The van der Waals surface area contributed by atoms with E-state index in [2.05, 4.69) is 30.0 Å². The van der Waals surface area contributed by atoms with E-state index < -0.39 is 0 Å². The summed E-state index contributed by atoms with van der Waals surface area (Å²) in [5, 5.41) is 0. The summed E-state index contributed by atoms with van der Waals surface area (Å²) in [4.78, 5) is 7.45. The molecule has 0 aromatic heterocycles. The van der Waals surface area contributed by atoms with E-state index in [1.807, 2.05) is 6.07 Å². The van der Waals surface area contributed by atoms with Crippen molar-refractivity contribution in [3.8, 4) is 0 Å². The van der Waals surface area contributed by atoms with Crippen LogP contribution in [0.25, 0.3) is 11.6 Å². The van der Waals surface area contributed by atoms with Gasteiger partial charge in [-0.25, -0.2) is 4.39 Å². The molecule has 0 atom stereocenters. The highest BCUT2D eigenvalue weighted by molar-refractivity contribution is 5.79. The first-order valence-electron chi connectivity index (χ1n) is 5.36. The summed E-state index contributed by atoms with van der Waals surface area (Å²) >= 11 is 0. The molecule has 0 aliphatic carbocycles.